The lowest BCUT2D eigenvalue weighted by atomic mass is 9.91. The number of aromatic nitrogens is 1. The molecule has 1 unspecified atom stereocenters. The van der Waals surface area contributed by atoms with E-state index >= 15 is 0 Å². The maximum atomic E-state index is 14.3. The number of halogens is 5. The summed E-state index contributed by atoms with van der Waals surface area (Å²) in [6.45, 7) is 1.31. The molecule has 0 bridgehead atoms. The molecule has 2 aliphatic heterocycles. The van der Waals surface area contributed by atoms with Gasteiger partial charge in [-0.25, -0.2) is 13.6 Å². The predicted octanol–water partition coefficient (Wildman–Crippen LogP) is 6.46. The number of carbonyl (C=O) groups is 1. The van der Waals surface area contributed by atoms with Crippen LogP contribution in [0, 0.1) is 6.92 Å². The number of aromatic amines is 1. The number of nitrogens with zero attached hydrogens (tertiary/aromatic N) is 2. The van der Waals surface area contributed by atoms with Crippen molar-refractivity contribution in [2.24, 2.45) is 4.99 Å². The minimum absolute atomic E-state index is 0.0224. The first-order valence-electron chi connectivity index (χ1n) is 13.0. The van der Waals surface area contributed by atoms with Crippen LogP contribution in [0.4, 0.5) is 22.0 Å². The van der Waals surface area contributed by atoms with Crippen LogP contribution in [0.3, 0.4) is 0 Å². The Morgan fingerprint density at radius 1 is 1.02 bits per heavy atom. The van der Waals surface area contributed by atoms with Crippen molar-refractivity contribution in [3.63, 3.8) is 0 Å². The molecule has 3 heterocycles. The molecule has 222 valence electrons. The van der Waals surface area contributed by atoms with E-state index in [1.165, 1.54) is 19.1 Å². The first-order valence-corrected chi connectivity index (χ1v) is 13.0. The molecule has 6 rings (SSSR count). The predicted molar refractivity (Wildman–Crippen MR) is 145 cm³/mol. The fraction of sp³-hybridized carbons (Fsp3) is 0.233. The van der Waals surface area contributed by atoms with Gasteiger partial charge in [-0.15, -0.1) is 13.2 Å². The van der Waals surface area contributed by atoms with Crippen LogP contribution in [0.2, 0.25) is 0 Å². The number of amides is 1. The van der Waals surface area contributed by atoms with Crippen LogP contribution in [0.15, 0.2) is 86.0 Å². The highest BCUT2D eigenvalue weighted by atomic mass is 19.4. The van der Waals surface area contributed by atoms with Gasteiger partial charge < -0.3 is 18.8 Å². The summed E-state index contributed by atoms with van der Waals surface area (Å²) in [5, 5.41) is 0. The fourth-order valence-electron chi connectivity index (χ4n) is 5.37. The molecule has 3 aromatic carbocycles. The zero-order valence-corrected chi connectivity index (χ0v) is 22.6. The van der Waals surface area contributed by atoms with Crippen LogP contribution in [-0.4, -0.2) is 46.9 Å². The number of benzene rings is 3. The molecule has 0 aliphatic carbocycles. The quantitative estimate of drug-likeness (QED) is 0.246. The topological polar surface area (TPSA) is 97.1 Å². The number of hydrogen-bond acceptors (Lipinski definition) is 6. The highest BCUT2D eigenvalue weighted by Crippen LogP contribution is 2.45. The molecule has 2 aliphatic rings. The molecule has 0 saturated heterocycles. The summed E-state index contributed by atoms with van der Waals surface area (Å²) in [5.41, 5.74) is 2.87. The molecule has 8 nitrogen and oxygen atoms in total. The van der Waals surface area contributed by atoms with Gasteiger partial charge in [-0.2, -0.15) is 0 Å². The van der Waals surface area contributed by atoms with Gasteiger partial charge in [-0.3, -0.25) is 14.8 Å². The number of oxazole rings is 1. The third kappa shape index (κ3) is 5.49. The molecule has 0 spiro atoms. The average Bonchev–Trinajstić information content (AvgIpc) is 3.58. The summed E-state index contributed by atoms with van der Waals surface area (Å²) in [7, 11) is 0. The Morgan fingerprint density at radius 3 is 2.42 bits per heavy atom. The van der Waals surface area contributed by atoms with Crippen LogP contribution >= 0.6 is 0 Å². The Labute approximate surface area is 240 Å². The fourth-order valence-corrected chi connectivity index (χ4v) is 5.37. The van der Waals surface area contributed by atoms with Crippen LogP contribution in [0.1, 0.15) is 29.7 Å². The molecular weight excluding hydrogens is 577 g/mol. The van der Waals surface area contributed by atoms with Crippen molar-refractivity contribution >= 4 is 22.7 Å². The Kier molecular flexibility index (Phi) is 6.62. The third-order valence-corrected chi connectivity index (χ3v) is 7.03. The second-order valence-corrected chi connectivity index (χ2v) is 10.3. The van der Waals surface area contributed by atoms with Gasteiger partial charge in [0.15, 0.2) is 5.58 Å². The Balaban J connectivity index is 1.33. The number of alkyl halides is 5. The first-order chi connectivity index (χ1) is 20.3. The second-order valence-electron chi connectivity index (χ2n) is 10.3. The molecule has 4 aromatic rings. The van der Waals surface area contributed by atoms with Gasteiger partial charge in [-0.05, 0) is 60.5 Å². The molecule has 1 aromatic heterocycles. The van der Waals surface area contributed by atoms with E-state index in [0.717, 1.165) is 17.9 Å². The summed E-state index contributed by atoms with van der Waals surface area (Å²) in [4.78, 5) is 33.5. The van der Waals surface area contributed by atoms with E-state index in [1.807, 2.05) is 0 Å². The van der Waals surface area contributed by atoms with E-state index in [2.05, 4.69) is 14.7 Å². The van der Waals surface area contributed by atoms with Crippen molar-refractivity contribution in [2.75, 3.05) is 13.1 Å². The van der Waals surface area contributed by atoms with Gasteiger partial charge >= 0.3 is 12.1 Å². The summed E-state index contributed by atoms with van der Waals surface area (Å²) in [6.07, 6.45) is -4.83. The van der Waals surface area contributed by atoms with Crippen LogP contribution < -0.4 is 15.2 Å². The monoisotopic (exact) mass is 599 g/mol. The molecule has 13 heteroatoms. The Morgan fingerprint density at radius 2 is 1.74 bits per heavy atom. The number of para-hydroxylation sites is 1. The van der Waals surface area contributed by atoms with E-state index in [4.69, 9.17) is 9.15 Å². The maximum Gasteiger partial charge on any atom is 0.573 e. The van der Waals surface area contributed by atoms with Gasteiger partial charge in [0.05, 0.1) is 30.4 Å². The molecule has 0 radical (unpaired) electrons. The van der Waals surface area contributed by atoms with Crippen LogP contribution in [0.25, 0.3) is 11.1 Å². The van der Waals surface area contributed by atoms with E-state index in [9.17, 15) is 31.5 Å². The smallest absolute Gasteiger partial charge is 0.457 e. The summed E-state index contributed by atoms with van der Waals surface area (Å²) >= 11 is 0. The first kappa shape index (κ1) is 28.2. The summed E-state index contributed by atoms with van der Waals surface area (Å²) < 4.78 is 81.5. The van der Waals surface area contributed by atoms with Crippen molar-refractivity contribution in [3.8, 4) is 17.2 Å². The second kappa shape index (κ2) is 10.1. The number of fused-ring (bicyclic) bond motifs is 1. The number of carbonyl (C=O) groups excluding carboxylic acids is 1. The standard InChI is InChI=1S/C30H22F5N3O5/c1-15-12-18(10-11-22(15)43-30(33,34)35)41-17-8-6-16(7-9-17)25-23-20(27(39)38(25)14-29(2,31)32)13-36-24(23)19-4-3-5-21-26(19)42-28(40)37-21/h3-12,25H,13-14H2,1-2H3,(H,37,40). The van der Waals surface area contributed by atoms with Crippen molar-refractivity contribution in [1.29, 1.82) is 0 Å². The van der Waals surface area contributed by atoms with E-state index in [-0.39, 0.29) is 34.8 Å². The van der Waals surface area contributed by atoms with Crippen molar-refractivity contribution in [2.45, 2.75) is 32.2 Å². The summed E-state index contributed by atoms with van der Waals surface area (Å²) in [6, 6.07) is 14.3. The zero-order valence-electron chi connectivity index (χ0n) is 22.6. The van der Waals surface area contributed by atoms with E-state index in [0.29, 0.717) is 33.7 Å². The van der Waals surface area contributed by atoms with Crippen LogP contribution in [0.5, 0.6) is 17.2 Å². The normalized spacial score (nSPS) is 17.1. The van der Waals surface area contributed by atoms with Gasteiger partial charge in [0.2, 0.25) is 0 Å². The Bertz CT molecular complexity index is 1870. The molecule has 43 heavy (non-hydrogen) atoms. The number of nitrogens with one attached hydrogen (secondary N) is 1. The average molecular weight is 600 g/mol. The Hall–Kier alpha value is -4.94. The molecule has 1 atom stereocenters. The number of hydrogen-bond donors (Lipinski definition) is 1. The van der Waals surface area contributed by atoms with Crippen LogP contribution in [-0.2, 0) is 4.79 Å². The number of H-pyrrole nitrogens is 1. The molecule has 1 N–H and O–H groups in total. The lowest BCUT2D eigenvalue weighted by molar-refractivity contribution is -0.274. The van der Waals surface area contributed by atoms with Crippen molar-refractivity contribution in [1.82, 2.24) is 9.88 Å². The number of ether oxygens (including phenoxy) is 2. The molecular formula is C30H22F5N3O5. The zero-order chi connectivity index (χ0) is 30.7. The maximum absolute atomic E-state index is 14.3. The van der Waals surface area contributed by atoms with E-state index in [1.54, 1.807) is 42.5 Å². The minimum Gasteiger partial charge on any atom is -0.457 e. The van der Waals surface area contributed by atoms with Gasteiger partial charge in [-0.1, -0.05) is 18.2 Å². The number of aryl methyl sites for hydroxylation is 1. The lowest BCUT2D eigenvalue weighted by Crippen LogP contribution is -2.40. The van der Waals surface area contributed by atoms with Crippen molar-refractivity contribution < 1.29 is 40.6 Å². The number of rotatable bonds is 7. The minimum atomic E-state index is -4.83. The largest absolute Gasteiger partial charge is 0.573 e. The lowest BCUT2D eigenvalue weighted by Gasteiger charge is -2.30. The van der Waals surface area contributed by atoms with Crippen molar-refractivity contribution in [3.05, 3.63) is 99.1 Å². The molecule has 0 fully saturated rings. The third-order valence-electron chi connectivity index (χ3n) is 7.03. The van der Waals surface area contributed by atoms with Gasteiger partial charge in [0, 0.05) is 23.6 Å². The molecule has 1 amide bonds. The SMILES string of the molecule is Cc1cc(Oc2ccc(C3C4=C(CN=C4c4cccc5[nH]c(=O)oc45)C(=O)N3CC(C)(F)F)cc2)ccc1OC(F)(F)F. The van der Waals surface area contributed by atoms with Gasteiger partial charge in [0.25, 0.3) is 11.8 Å². The highest BCUT2D eigenvalue weighted by molar-refractivity contribution is 6.25. The van der Waals surface area contributed by atoms with Gasteiger partial charge in [0.1, 0.15) is 17.2 Å². The summed E-state index contributed by atoms with van der Waals surface area (Å²) in [5.74, 6) is -4.23. The molecule has 0 saturated carbocycles. The highest BCUT2D eigenvalue weighted by Gasteiger charge is 2.47. The van der Waals surface area contributed by atoms with E-state index < -0.39 is 36.5 Å². The number of aliphatic imine (C=N–C) groups is 1.